The van der Waals surface area contributed by atoms with Crippen LogP contribution in [-0.4, -0.2) is 63.4 Å². The summed E-state index contributed by atoms with van der Waals surface area (Å²) in [6.07, 6.45) is -1.91. The van der Waals surface area contributed by atoms with Crippen LogP contribution in [0.2, 0.25) is 0 Å². The van der Waals surface area contributed by atoms with Gasteiger partial charge in [-0.25, -0.2) is 4.98 Å². The molecule has 3 heterocycles. The van der Waals surface area contributed by atoms with E-state index in [9.17, 15) is 18.0 Å². The second-order valence-corrected chi connectivity index (χ2v) is 11.3. The van der Waals surface area contributed by atoms with Crippen LogP contribution in [0.15, 0.2) is 72.9 Å². The van der Waals surface area contributed by atoms with Crippen LogP contribution in [0.25, 0.3) is 16.9 Å². The summed E-state index contributed by atoms with van der Waals surface area (Å²) in [4.78, 5) is 22.1. The Balaban J connectivity index is 1.29. The average Bonchev–Trinajstić information content (AvgIpc) is 3.72. The molecule has 1 aliphatic rings. The van der Waals surface area contributed by atoms with E-state index < -0.39 is 17.6 Å². The number of carbonyl (C=O) groups excluding carboxylic acids is 1. The lowest BCUT2D eigenvalue weighted by atomic mass is 10.1. The summed E-state index contributed by atoms with van der Waals surface area (Å²) in [5, 5.41) is 10.7. The number of benzene rings is 3. The van der Waals surface area contributed by atoms with E-state index in [0.717, 1.165) is 35.2 Å². The van der Waals surface area contributed by atoms with Crippen molar-refractivity contribution in [3.05, 3.63) is 89.6 Å². The van der Waals surface area contributed by atoms with Crippen LogP contribution in [0.3, 0.4) is 0 Å². The van der Waals surface area contributed by atoms with Crippen molar-refractivity contribution in [2.45, 2.75) is 25.6 Å². The lowest BCUT2D eigenvalue weighted by molar-refractivity contribution is -0.137. The van der Waals surface area contributed by atoms with Gasteiger partial charge in [-0.3, -0.25) is 14.0 Å². The van der Waals surface area contributed by atoms with Crippen LogP contribution in [-0.2, 0) is 13.2 Å². The van der Waals surface area contributed by atoms with Gasteiger partial charge in [0, 0.05) is 61.1 Å². The van der Waals surface area contributed by atoms with Gasteiger partial charge in [0.15, 0.2) is 5.82 Å². The van der Waals surface area contributed by atoms with Crippen molar-refractivity contribution < 1.29 is 18.0 Å². The summed E-state index contributed by atoms with van der Waals surface area (Å²) in [5.74, 6) is 0.581. The van der Waals surface area contributed by atoms with Gasteiger partial charge in [-0.15, -0.1) is 0 Å². The fraction of sp³-hybridized carbons (Fsp3) is 0.281. The summed E-state index contributed by atoms with van der Waals surface area (Å²) >= 11 is 0. The van der Waals surface area contributed by atoms with E-state index in [4.69, 9.17) is 4.98 Å². The number of para-hydroxylation sites is 2. The van der Waals surface area contributed by atoms with Crippen molar-refractivity contribution in [1.29, 1.82) is 0 Å². The molecule has 2 N–H and O–H groups in total. The predicted molar refractivity (Wildman–Crippen MR) is 166 cm³/mol. The number of hydrogen-bond acceptors (Lipinski definition) is 6. The molecular formula is C32H33F3N8O. The molecule has 3 aromatic carbocycles. The standard InChI is InChI=1S/C32H33F3N8O/c1-20-9-10-23(18-27(20)38-31-37-26-7-5-6-8-28(26)43(31)29-12-13-41(4)39-29)36-30(44)21-15-22(32(33,34)35)17-25(16-21)42-14-11-24(19-42)40(2)3/h5-10,12-13,15-18,24H,11,14,19H2,1-4H3,(H,36,44)(H,37,38). The number of fused-ring (bicyclic) bond motifs is 1. The minimum Gasteiger partial charge on any atom is -0.370 e. The van der Waals surface area contributed by atoms with E-state index in [-0.39, 0.29) is 11.6 Å². The zero-order chi connectivity index (χ0) is 31.2. The van der Waals surface area contributed by atoms with E-state index in [1.165, 1.54) is 6.07 Å². The van der Waals surface area contributed by atoms with E-state index in [1.807, 2.05) is 80.1 Å². The van der Waals surface area contributed by atoms with Gasteiger partial charge in [0.2, 0.25) is 5.95 Å². The Hall–Kier alpha value is -4.84. The number of imidazole rings is 1. The van der Waals surface area contributed by atoms with Gasteiger partial charge in [0.1, 0.15) is 0 Å². The fourth-order valence-corrected chi connectivity index (χ4v) is 5.51. The number of hydrogen-bond donors (Lipinski definition) is 2. The lowest BCUT2D eigenvalue weighted by Crippen LogP contribution is -2.31. The van der Waals surface area contributed by atoms with Crippen molar-refractivity contribution in [3.63, 3.8) is 0 Å². The smallest absolute Gasteiger partial charge is 0.370 e. The topological polar surface area (TPSA) is 83.3 Å². The first-order valence-electron chi connectivity index (χ1n) is 14.3. The van der Waals surface area contributed by atoms with Crippen molar-refractivity contribution in [2.24, 2.45) is 7.05 Å². The van der Waals surface area contributed by atoms with Gasteiger partial charge in [-0.1, -0.05) is 18.2 Å². The minimum absolute atomic E-state index is 0.0600. The van der Waals surface area contributed by atoms with Gasteiger partial charge < -0.3 is 20.4 Å². The quantitative estimate of drug-likeness (QED) is 0.230. The van der Waals surface area contributed by atoms with Gasteiger partial charge in [0.05, 0.1) is 16.6 Å². The highest BCUT2D eigenvalue weighted by molar-refractivity contribution is 6.05. The first kappa shape index (κ1) is 29.2. The molecule has 1 aliphatic heterocycles. The number of halogens is 3. The molecule has 228 valence electrons. The number of amides is 1. The monoisotopic (exact) mass is 602 g/mol. The van der Waals surface area contributed by atoms with E-state index in [0.29, 0.717) is 41.9 Å². The van der Waals surface area contributed by atoms with Gasteiger partial charge in [-0.05, 0) is 75.5 Å². The van der Waals surface area contributed by atoms with Gasteiger partial charge >= 0.3 is 6.18 Å². The second-order valence-electron chi connectivity index (χ2n) is 11.3. The van der Waals surface area contributed by atoms with Gasteiger partial charge in [-0.2, -0.15) is 18.3 Å². The van der Waals surface area contributed by atoms with Crippen LogP contribution in [0.1, 0.15) is 27.9 Å². The Kier molecular flexibility index (Phi) is 7.54. The molecular weight excluding hydrogens is 569 g/mol. The largest absolute Gasteiger partial charge is 0.416 e. The molecule has 0 aliphatic carbocycles. The summed E-state index contributed by atoms with van der Waals surface area (Å²) < 4.78 is 45.3. The predicted octanol–water partition coefficient (Wildman–Crippen LogP) is 6.22. The summed E-state index contributed by atoms with van der Waals surface area (Å²) in [6, 6.07) is 18.7. The van der Waals surface area contributed by atoms with Crippen LogP contribution >= 0.6 is 0 Å². The SMILES string of the molecule is Cc1ccc(NC(=O)c2cc(N3CCC(N(C)C)C3)cc(C(F)(F)F)c2)cc1Nc1nc2ccccc2n1-c1ccn(C)n1. The molecule has 44 heavy (non-hydrogen) atoms. The van der Waals surface area contributed by atoms with Gasteiger partial charge in [0.25, 0.3) is 5.91 Å². The molecule has 1 unspecified atom stereocenters. The molecule has 5 aromatic rings. The molecule has 6 rings (SSSR count). The number of aryl methyl sites for hydroxylation is 2. The molecule has 0 spiro atoms. The average molecular weight is 603 g/mol. The molecule has 2 aromatic heterocycles. The summed E-state index contributed by atoms with van der Waals surface area (Å²) in [7, 11) is 5.75. The zero-order valence-electron chi connectivity index (χ0n) is 24.9. The molecule has 0 bridgehead atoms. The Morgan fingerprint density at radius 3 is 2.55 bits per heavy atom. The number of rotatable bonds is 7. The molecule has 9 nitrogen and oxygen atoms in total. The first-order chi connectivity index (χ1) is 21.0. The van der Waals surface area contributed by atoms with Crippen molar-refractivity contribution in [3.8, 4) is 5.82 Å². The van der Waals surface area contributed by atoms with E-state index in [1.54, 1.807) is 16.8 Å². The number of likely N-dealkylation sites (N-methyl/N-ethyl adjacent to an activating group) is 1. The van der Waals surface area contributed by atoms with Crippen molar-refractivity contribution in [2.75, 3.05) is 42.7 Å². The number of carbonyl (C=O) groups is 1. The number of anilines is 4. The first-order valence-corrected chi connectivity index (χ1v) is 14.3. The maximum absolute atomic E-state index is 13.9. The highest BCUT2D eigenvalue weighted by Crippen LogP contribution is 2.35. The number of nitrogens with one attached hydrogen (secondary N) is 2. The molecule has 0 radical (unpaired) electrons. The highest BCUT2D eigenvalue weighted by Gasteiger charge is 2.33. The maximum Gasteiger partial charge on any atom is 0.416 e. The molecule has 12 heteroatoms. The molecule has 1 fully saturated rings. The third-order valence-electron chi connectivity index (χ3n) is 8.00. The molecule has 1 amide bonds. The third-order valence-corrected chi connectivity index (χ3v) is 8.00. The Morgan fingerprint density at radius 1 is 1.05 bits per heavy atom. The Labute approximate surface area is 252 Å². The molecule has 1 atom stereocenters. The summed E-state index contributed by atoms with van der Waals surface area (Å²) in [5.41, 5.74) is 3.10. The van der Waals surface area contributed by atoms with E-state index in [2.05, 4.69) is 20.6 Å². The number of aromatic nitrogens is 4. The van der Waals surface area contributed by atoms with Crippen LogP contribution < -0.4 is 15.5 Å². The number of nitrogens with zero attached hydrogens (tertiary/aromatic N) is 6. The third kappa shape index (κ3) is 5.85. The lowest BCUT2D eigenvalue weighted by Gasteiger charge is -2.23. The highest BCUT2D eigenvalue weighted by atomic mass is 19.4. The Bertz CT molecular complexity index is 1840. The molecule has 1 saturated heterocycles. The zero-order valence-corrected chi connectivity index (χ0v) is 24.9. The number of alkyl halides is 3. The van der Waals surface area contributed by atoms with Crippen LogP contribution in [0, 0.1) is 6.92 Å². The normalized spacial score (nSPS) is 15.4. The second kappa shape index (κ2) is 11.3. The Morgan fingerprint density at radius 2 is 1.84 bits per heavy atom. The maximum atomic E-state index is 13.9. The van der Waals surface area contributed by atoms with Crippen molar-refractivity contribution in [1.82, 2.24) is 24.2 Å². The molecule has 0 saturated carbocycles. The van der Waals surface area contributed by atoms with Crippen molar-refractivity contribution >= 4 is 40.0 Å². The fourth-order valence-electron chi connectivity index (χ4n) is 5.51. The van der Waals surface area contributed by atoms with Crippen LogP contribution in [0.5, 0.6) is 0 Å². The van der Waals surface area contributed by atoms with E-state index >= 15 is 0 Å². The summed E-state index contributed by atoms with van der Waals surface area (Å²) in [6.45, 7) is 3.12. The minimum atomic E-state index is -4.59. The van der Waals surface area contributed by atoms with Crippen LogP contribution in [0.4, 0.5) is 36.2 Å².